The third kappa shape index (κ3) is 2.97. The molecule has 3 aromatic heterocycles. The molecule has 1 unspecified atom stereocenters. The highest BCUT2D eigenvalue weighted by molar-refractivity contribution is 7.09. The molecule has 0 saturated carbocycles. The molecule has 0 aliphatic rings. The molecule has 1 atom stereocenters. The minimum atomic E-state index is 0.0967. The molecule has 3 rings (SSSR count). The highest BCUT2D eigenvalue weighted by atomic mass is 32.1. The first-order chi connectivity index (χ1) is 10.3. The Balaban J connectivity index is 1.90. The molecule has 0 saturated heterocycles. The average Bonchev–Trinajstić information content (AvgIpc) is 3.15. The van der Waals surface area contributed by atoms with Gasteiger partial charge < -0.3 is 15.0 Å². The third-order valence-electron chi connectivity index (χ3n) is 3.11. The number of aromatic nitrogens is 4. The number of nitrogens with one attached hydrogen (secondary N) is 2. The number of fused-ring (bicyclic) bond motifs is 1. The number of nitrogens with zero attached hydrogens (tertiary/aromatic N) is 4. The molecule has 0 fully saturated rings. The van der Waals surface area contributed by atoms with Crippen molar-refractivity contribution < 1.29 is 0 Å². The smallest absolute Gasteiger partial charge is 0.180 e. The molecule has 21 heavy (non-hydrogen) atoms. The van der Waals surface area contributed by atoms with Crippen molar-refractivity contribution in [3.05, 3.63) is 35.2 Å². The van der Waals surface area contributed by atoms with Gasteiger partial charge in [-0.25, -0.2) is 15.0 Å². The van der Waals surface area contributed by atoms with Gasteiger partial charge in [0.05, 0.1) is 12.2 Å². The number of anilines is 2. The number of imidazole rings is 1. The Morgan fingerprint density at radius 1 is 1.33 bits per heavy atom. The molecule has 0 aromatic carbocycles. The van der Waals surface area contributed by atoms with Crippen LogP contribution in [0.2, 0.25) is 0 Å². The van der Waals surface area contributed by atoms with Gasteiger partial charge in [-0.15, -0.1) is 11.3 Å². The second-order valence-electron chi connectivity index (χ2n) is 4.80. The van der Waals surface area contributed by atoms with Gasteiger partial charge in [0.25, 0.3) is 0 Å². The Labute approximate surface area is 127 Å². The van der Waals surface area contributed by atoms with Gasteiger partial charge in [0.1, 0.15) is 10.8 Å². The van der Waals surface area contributed by atoms with E-state index in [1.165, 1.54) is 0 Å². The molecule has 7 heteroatoms. The Morgan fingerprint density at radius 3 is 3.00 bits per heavy atom. The molecule has 110 valence electrons. The van der Waals surface area contributed by atoms with Crippen LogP contribution in [0.15, 0.2) is 30.2 Å². The summed E-state index contributed by atoms with van der Waals surface area (Å²) in [5.74, 6) is 1.61. The lowest BCUT2D eigenvalue weighted by Crippen LogP contribution is -2.11. The maximum atomic E-state index is 4.63. The molecule has 0 radical (unpaired) electrons. The summed E-state index contributed by atoms with van der Waals surface area (Å²) in [7, 11) is 0. The topological polar surface area (TPSA) is 67.1 Å². The molecule has 3 aromatic rings. The molecule has 3 heterocycles. The van der Waals surface area contributed by atoms with E-state index >= 15 is 0 Å². The van der Waals surface area contributed by atoms with E-state index in [2.05, 4.69) is 39.4 Å². The molecule has 0 amide bonds. The van der Waals surface area contributed by atoms with Crippen molar-refractivity contribution in [1.29, 1.82) is 0 Å². The minimum absolute atomic E-state index is 0.0967. The summed E-state index contributed by atoms with van der Waals surface area (Å²) in [6.45, 7) is 5.10. The fourth-order valence-corrected chi connectivity index (χ4v) is 2.73. The van der Waals surface area contributed by atoms with E-state index in [-0.39, 0.29) is 6.04 Å². The van der Waals surface area contributed by atoms with Crippen LogP contribution in [0.5, 0.6) is 0 Å². The van der Waals surface area contributed by atoms with Crippen molar-refractivity contribution in [1.82, 2.24) is 19.4 Å². The summed E-state index contributed by atoms with van der Waals surface area (Å²) < 4.78 is 1.97. The van der Waals surface area contributed by atoms with Crippen molar-refractivity contribution in [3.8, 4) is 0 Å². The van der Waals surface area contributed by atoms with Gasteiger partial charge >= 0.3 is 0 Å². The summed E-state index contributed by atoms with van der Waals surface area (Å²) in [4.78, 5) is 13.3. The first kappa shape index (κ1) is 13.8. The SMILES string of the molecule is CCCNc1cn2ccnc2c(NC(C)c2nccs2)n1. The summed E-state index contributed by atoms with van der Waals surface area (Å²) in [5, 5.41) is 9.73. The second kappa shape index (κ2) is 6.09. The molecular weight excluding hydrogens is 284 g/mol. The quantitative estimate of drug-likeness (QED) is 0.732. The summed E-state index contributed by atoms with van der Waals surface area (Å²) in [6, 6.07) is 0.0967. The predicted molar refractivity (Wildman–Crippen MR) is 85.9 cm³/mol. The molecule has 0 aliphatic carbocycles. The number of thiazole rings is 1. The lowest BCUT2D eigenvalue weighted by Gasteiger charge is -2.14. The Morgan fingerprint density at radius 2 is 2.24 bits per heavy atom. The maximum Gasteiger partial charge on any atom is 0.180 e. The highest BCUT2D eigenvalue weighted by Crippen LogP contribution is 2.23. The highest BCUT2D eigenvalue weighted by Gasteiger charge is 2.13. The van der Waals surface area contributed by atoms with E-state index in [4.69, 9.17) is 0 Å². The van der Waals surface area contributed by atoms with E-state index in [0.29, 0.717) is 0 Å². The fraction of sp³-hybridized carbons (Fsp3) is 0.357. The van der Waals surface area contributed by atoms with Gasteiger partial charge in [-0.3, -0.25) is 0 Å². The third-order valence-corrected chi connectivity index (χ3v) is 4.06. The molecule has 2 N–H and O–H groups in total. The zero-order valence-corrected chi connectivity index (χ0v) is 12.9. The zero-order chi connectivity index (χ0) is 14.7. The van der Waals surface area contributed by atoms with Gasteiger partial charge in [0.15, 0.2) is 11.5 Å². The molecular formula is C14H18N6S. The Hall–Kier alpha value is -2.15. The van der Waals surface area contributed by atoms with Crippen molar-refractivity contribution in [2.45, 2.75) is 26.3 Å². The minimum Gasteiger partial charge on any atom is -0.369 e. The van der Waals surface area contributed by atoms with E-state index in [0.717, 1.165) is 35.3 Å². The second-order valence-corrected chi connectivity index (χ2v) is 5.72. The van der Waals surface area contributed by atoms with Crippen LogP contribution in [0.25, 0.3) is 5.65 Å². The van der Waals surface area contributed by atoms with Crippen molar-refractivity contribution in [2.75, 3.05) is 17.2 Å². The van der Waals surface area contributed by atoms with Crippen LogP contribution in [0.4, 0.5) is 11.6 Å². The Bertz CT molecular complexity index is 705. The van der Waals surface area contributed by atoms with Crippen LogP contribution in [0, 0.1) is 0 Å². The average molecular weight is 302 g/mol. The van der Waals surface area contributed by atoms with Gasteiger partial charge in [-0.05, 0) is 13.3 Å². The van der Waals surface area contributed by atoms with Crippen LogP contribution >= 0.6 is 11.3 Å². The van der Waals surface area contributed by atoms with Crippen LogP contribution < -0.4 is 10.6 Å². The summed E-state index contributed by atoms with van der Waals surface area (Å²) >= 11 is 1.63. The van der Waals surface area contributed by atoms with Gasteiger partial charge in [0.2, 0.25) is 0 Å². The van der Waals surface area contributed by atoms with Gasteiger partial charge in [-0.2, -0.15) is 0 Å². The van der Waals surface area contributed by atoms with E-state index in [1.54, 1.807) is 17.5 Å². The summed E-state index contributed by atoms with van der Waals surface area (Å²) in [6.07, 6.45) is 8.53. The lowest BCUT2D eigenvalue weighted by molar-refractivity contribution is 0.858. The first-order valence-electron chi connectivity index (χ1n) is 7.01. The fourth-order valence-electron chi connectivity index (χ4n) is 2.08. The van der Waals surface area contributed by atoms with E-state index in [1.807, 2.05) is 28.4 Å². The van der Waals surface area contributed by atoms with E-state index in [9.17, 15) is 0 Å². The van der Waals surface area contributed by atoms with Crippen LogP contribution in [0.1, 0.15) is 31.3 Å². The molecule has 0 bridgehead atoms. The van der Waals surface area contributed by atoms with Crippen molar-refractivity contribution in [2.24, 2.45) is 0 Å². The molecule has 6 nitrogen and oxygen atoms in total. The maximum absolute atomic E-state index is 4.63. The molecule has 0 aliphatic heterocycles. The summed E-state index contributed by atoms with van der Waals surface area (Å²) in [5.41, 5.74) is 0.820. The monoisotopic (exact) mass is 302 g/mol. The van der Waals surface area contributed by atoms with Crippen LogP contribution in [-0.4, -0.2) is 25.9 Å². The zero-order valence-electron chi connectivity index (χ0n) is 12.1. The lowest BCUT2D eigenvalue weighted by atomic mass is 10.3. The van der Waals surface area contributed by atoms with Crippen molar-refractivity contribution in [3.63, 3.8) is 0 Å². The standard InChI is InChI=1S/C14H18N6S/c1-3-4-15-11-9-20-7-5-16-13(20)12(19-11)18-10(2)14-17-6-8-21-14/h5-10,15H,3-4H2,1-2H3,(H,18,19). The number of hydrogen-bond donors (Lipinski definition) is 2. The Kier molecular flexibility index (Phi) is 4.01. The normalized spacial score (nSPS) is 12.5. The van der Waals surface area contributed by atoms with Gasteiger partial charge in [-0.1, -0.05) is 6.92 Å². The largest absolute Gasteiger partial charge is 0.369 e. The van der Waals surface area contributed by atoms with Gasteiger partial charge in [0, 0.05) is 30.5 Å². The number of rotatable bonds is 6. The first-order valence-corrected chi connectivity index (χ1v) is 7.89. The van der Waals surface area contributed by atoms with Crippen LogP contribution in [-0.2, 0) is 0 Å². The van der Waals surface area contributed by atoms with Crippen molar-refractivity contribution >= 4 is 28.6 Å². The van der Waals surface area contributed by atoms with Crippen LogP contribution in [0.3, 0.4) is 0 Å². The van der Waals surface area contributed by atoms with E-state index < -0.39 is 0 Å². The number of hydrogen-bond acceptors (Lipinski definition) is 6. The predicted octanol–water partition coefficient (Wildman–Crippen LogP) is 3.18. The molecule has 0 spiro atoms.